The minimum absolute atomic E-state index is 0.131. The van der Waals surface area contributed by atoms with Crippen LogP contribution in [0.1, 0.15) is 30.1 Å². The molecule has 1 heterocycles. The lowest BCUT2D eigenvalue weighted by Crippen LogP contribution is -2.31. The molecule has 1 aliphatic rings. The average molecular weight is 266 g/mol. The topological polar surface area (TPSA) is 63.5 Å². The minimum atomic E-state index is -0.522. The smallest absolute Gasteiger partial charge is 0.293 e. The highest BCUT2D eigenvalue weighted by molar-refractivity contribution is 5.95. The number of nitrogens with zero attached hydrogens (tertiary/aromatic N) is 2. The SMILES string of the molecule is CC(=O)c1ccc(N2CCCC2CF)c([N+](=O)[O-])c1. The molecule has 1 unspecified atom stereocenters. The van der Waals surface area contributed by atoms with Crippen molar-refractivity contribution in [1.29, 1.82) is 0 Å². The minimum Gasteiger partial charge on any atom is -0.360 e. The van der Waals surface area contributed by atoms with Crippen molar-refractivity contribution >= 4 is 17.2 Å². The molecule has 1 aromatic carbocycles. The summed E-state index contributed by atoms with van der Waals surface area (Å²) in [4.78, 5) is 23.6. The van der Waals surface area contributed by atoms with Gasteiger partial charge in [0.15, 0.2) is 5.78 Å². The van der Waals surface area contributed by atoms with Crippen LogP contribution in [0.4, 0.5) is 15.8 Å². The molecule has 5 nitrogen and oxygen atoms in total. The Morgan fingerprint density at radius 3 is 2.89 bits per heavy atom. The third-order valence-corrected chi connectivity index (χ3v) is 3.44. The van der Waals surface area contributed by atoms with Crippen molar-refractivity contribution in [1.82, 2.24) is 0 Å². The van der Waals surface area contributed by atoms with Crippen LogP contribution < -0.4 is 4.90 Å². The number of carbonyl (C=O) groups is 1. The first-order valence-corrected chi connectivity index (χ1v) is 6.16. The summed E-state index contributed by atoms with van der Waals surface area (Å²) >= 11 is 0. The molecule has 102 valence electrons. The van der Waals surface area contributed by atoms with Gasteiger partial charge in [-0.1, -0.05) is 0 Å². The second kappa shape index (κ2) is 5.34. The van der Waals surface area contributed by atoms with Crippen LogP contribution in [0.2, 0.25) is 0 Å². The molecule has 1 saturated heterocycles. The Bertz CT molecular complexity index is 519. The molecule has 0 aliphatic carbocycles. The van der Waals surface area contributed by atoms with Gasteiger partial charge < -0.3 is 4.90 Å². The van der Waals surface area contributed by atoms with E-state index in [1.807, 2.05) is 0 Å². The number of nitro benzene ring substituents is 1. The molecule has 0 radical (unpaired) electrons. The normalized spacial score (nSPS) is 18.6. The van der Waals surface area contributed by atoms with Crippen molar-refractivity contribution in [2.45, 2.75) is 25.8 Å². The summed E-state index contributed by atoms with van der Waals surface area (Å²) in [6.07, 6.45) is 1.52. The molecule has 0 spiro atoms. The number of Topliss-reactive ketones (excluding diaryl/α,β-unsaturated/α-hetero) is 1. The zero-order valence-corrected chi connectivity index (χ0v) is 10.6. The largest absolute Gasteiger partial charge is 0.360 e. The van der Waals surface area contributed by atoms with Gasteiger partial charge in [0, 0.05) is 18.2 Å². The molecule has 19 heavy (non-hydrogen) atoms. The third-order valence-electron chi connectivity index (χ3n) is 3.44. The van der Waals surface area contributed by atoms with Gasteiger partial charge in [-0.3, -0.25) is 14.9 Å². The quantitative estimate of drug-likeness (QED) is 0.477. The molecular weight excluding hydrogens is 251 g/mol. The predicted molar refractivity (Wildman–Crippen MR) is 69.4 cm³/mol. The lowest BCUT2D eigenvalue weighted by molar-refractivity contribution is -0.384. The Morgan fingerprint density at radius 2 is 2.32 bits per heavy atom. The highest BCUT2D eigenvalue weighted by Gasteiger charge is 2.30. The van der Waals surface area contributed by atoms with Crippen molar-refractivity contribution < 1.29 is 14.1 Å². The van der Waals surface area contributed by atoms with E-state index in [2.05, 4.69) is 0 Å². The molecule has 0 bridgehead atoms. The molecule has 0 aromatic heterocycles. The van der Waals surface area contributed by atoms with E-state index in [4.69, 9.17) is 0 Å². The number of benzene rings is 1. The number of alkyl halides is 1. The summed E-state index contributed by atoms with van der Waals surface area (Å²) < 4.78 is 12.9. The fourth-order valence-electron chi connectivity index (χ4n) is 2.44. The number of halogens is 1. The highest BCUT2D eigenvalue weighted by Crippen LogP contribution is 2.34. The van der Waals surface area contributed by atoms with E-state index in [0.717, 1.165) is 6.42 Å². The molecule has 0 amide bonds. The Balaban J connectivity index is 2.45. The number of carbonyl (C=O) groups excluding carboxylic acids is 1. The molecule has 2 rings (SSSR count). The fraction of sp³-hybridized carbons (Fsp3) is 0.462. The van der Waals surface area contributed by atoms with E-state index in [1.54, 1.807) is 17.0 Å². The van der Waals surface area contributed by atoms with E-state index in [0.29, 0.717) is 24.2 Å². The van der Waals surface area contributed by atoms with Gasteiger partial charge in [0.2, 0.25) is 0 Å². The second-order valence-electron chi connectivity index (χ2n) is 4.66. The van der Waals surface area contributed by atoms with Crippen LogP contribution in [-0.2, 0) is 0 Å². The van der Waals surface area contributed by atoms with Gasteiger partial charge >= 0.3 is 0 Å². The van der Waals surface area contributed by atoms with Crippen LogP contribution in [0.3, 0.4) is 0 Å². The first-order chi connectivity index (χ1) is 9.04. The van der Waals surface area contributed by atoms with Crippen molar-refractivity contribution in [2.24, 2.45) is 0 Å². The summed E-state index contributed by atoms with van der Waals surface area (Å²) in [6.45, 7) is 1.44. The lowest BCUT2D eigenvalue weighted by Gasteiger charge is -2.24. The summed E-state index contributed by atoms with van der Waals surface area (Å²) in [6, 6.07) is 4.06. The van der Waals surface area contributed by atoms with Gasteiger partial charge in [-0.2, -0.15) is 0 Å². The van der Waals surface area contributed by atoms with E-state index in [9.17, 15) is 19.3 Å². The van der Waals surface area contributed by atoms with Crippen LogP contribution in [0, 0.1) is 10.1 Å². The Labute approximate surface area is 110 Å². The van der Waals surface area contributed by atoms with Gasteiger partial charge in [-0.15, -0.1) is 0 Å². The van der Waals surface area contributed by atoms with Crippen LogP contribution in [-0.4, -0.2) is 30.0 Å². The van der Waals surface area contributed by atoms with Crippen molar-refractivity contribution in [3.8, 4) is 0 Å². The standard InChI is InChI=1S/C13H15FN2O3/c1-9(17)10-4-5-12(13(7-10)16(18)19)15-6-2-3-11(15)8-14/h4-5,7,11H,2-3,6,8H2,1H3. The van der Waals surface area contributed by atoms with Crippen LogP contribution in [0.15, 0.2) is 18.2 Å². The number of anilines is 1. The summed E-state index contributed by atoms with van der Waals surface area (Å²) in [5.41, 5.74) is 0.564. The molecular formula is C13H15FN2O3. The summed E-state index contributed by atoms with van der Waals surface area (Å²) in [5, 5.41) is 11.1. The fourth-order valence-corrected chi connectivity index (χ4v) is 2.44. The monoisotopic (exact) mass is 266 g/mol. The van der Waals surface area contributed by atoms with Crippen LogP contribution >= 0.6 is 0 Å². The van der Waals surface area contributed by atoms with Gasteiger partial charge in [-0.05, 0) is 31.9 Å². The zero-order valence-electron chi connectivity index (χ0n) is 10.6. The first kappa shape index (κ1) is 13.5. The number of nitro groups is 1. The first-order valence-electron chi connectivity index (χ1n) is 6.16. The number of rotatable bonds is 4. The zero-order chi connectivity index (χ0) is 14.0. The maximum absolute atomic E-state index is 12.9. The van der Waals surface area contributed by atoms with Gasteiger partial charge in [0.05, 0.1) is 11.0 Å². The van der Waals surface area contributed by atoms with E-state index in [-0.39, 0.29) is 17.5 Å². The number of ketones is 1. The molecule has 1 aromatic rings. The van der Waals surface area contributed by atoms with E-state index < -0.39 is 11.6 Å². The van der Waals surface area contributed by atoms with Crippen LogP contribution in [0.5, 0.6) is 0 Å². The van der Waals surface area contributed by atoms with Crippen LogP contribution in [0.25, 0.3) is 0 Å². The molecule has 1 atom stereocenters. The second-order valence-corrected chi connectivity index (χ2v) is 4.66. The predicted octanol–water partition coefficient (Wildman–Crippen LogP) is 2.74. The van der Waals surface area contributed by atoms with Crippen molar-refractivity contribution in [3.05, 3.63) is 33.9 Å². The maximum atomic E-state index is 12.9. The lowest BCUT2D eigenvalue weighted by atomic mass is 10.1. The van der Waals surface area contributed by atoms with Gasteiger partial charge in [0.1, 0.15) is 12.4 Å². The van der Waals surface area contributed by atoms with E-state index in [1.165, 1.54) is 13.0 Å². The van der Waals surface area contributed by atoms with Crippen molar-refractivity contribution in [3.63, 3.8) is 0 Å². The third kappa shape index (κ3) is 2.57. The van der Waals surface area contributed by atoms with Gasteiger partial charge in [-0.25, -0.2) is 4.39 Å². The molecule has 6 heteroatoms. The Morgan fingerprint density at radius 1 is 1.58 bits per heavy atom. The Kier molecular flexibility index (Phi) is 3.78. The molecule has 0 saturated carbocycles. The van der Waals surface area contributed by atoms with Gasteiger partial charge in [0.25, 0.3) is 5.69 Å². The van der Waals surface area contributed by atoms with Crippen molar-refractivity contribution in [2.75, 3.05) is 18.1 Å². The Hall–Kier alpha value is -1.98. The summed E-state index contributed by atoms with van der Waals surface area (Å²) in [7, 11) is 0. The molecule has 1 aliphatic heterocycles. The average Bonchev–Trinajstić information content (AvgIpc) is 2.85. The molecule has 0 N–H and O–H groups in total. The summed E-state index contributed by atoms with van der Waals surface area (Å²) in [5.74, 6) is -0.224. The van der Waals surface area contributed by atoms with E-state index >= 15 is 0 Å². The molecule has 1 fully saturated rings. The number of hydrogen-bond donors (Lipinski definition) is 0. The maximum Gasteiger partial charge on any atom is 0.293 e. The highest BCUT2D eigenvalue weighted by atomic mass is 19.1. The number of hydrogen-bond acceptors (Lipinski definition) is 4.